The van der Waals surface area contributed by atoms with E-state index in [0.717, 1.165) is 12.2 Å². The highest BCUT2D eigenvalue weighted by Gasteiger charge is 2.09. The van der Waals surface area contributed by atoms with Gasteiger partial charge in [-0.2, -0.15) is 0 Å². The van der Waals surface area contributed by atoms with Crippen LogP contribution in [0, 0.1) is 5.92 Å². The fraction of sp³-hybridized carbons (Fsp3) is 1.00. The number of rotatable bonds is 1. The van der Waals surface area contributed by atoms with Gasteiger partial charge in [0, 0.05) is 0 Å². The Kier molecular flexibility index (Phi) is 2.45. The van der Waals surface area contributed by atoms with E-state index in [0.29, 0.717) is 0 Å². The summed E-state index contributed by atoms with van der Waals surface area (Å²) in [6.45, 7) is 0. The smallest absolute Gasteiger partial charge is 0.0656 e. The lowest BCUT2D eigenvalue weighted by molar-refractivity contribution is 0.385. The molecule has 1 aliphatic carbocycles. The summed E-state index contributed by atoms with van der Waals surface area (Å²) in [4.78, 5) is 0. The van der Waals surface area contributed by atoms with Crippen molar-refractivity contribution in [1.29, 1.82) is 0 Å². The van der Waals surface area contributed by atoms with Gasteiger partial charge in [-0.3, -0.25) is 0 Å². The van der Waals surface area contributed by atoms with E-state index in [1.54, 1.807) is 0 Å². The summed E-state index contributed by atoms with van der Waals surface area (Å²) < 4.78 is 0. The summed E-state index contributed by atoms with van der Waals surface area (Å²) in [5, 5.41) is 0. The summed E-state index contributed by atoms with van der Waals surface area (Å²) >= 11 is 0. The van der Waals surface area contributed by atoms with Gasteiger partial charge in [0.2, 0.25) is 0 Å². The molecule has 0 unspecified atom stereocenters. The molecule has 2 radical (unpaired) electrons. The van der Waals surface area contributed by atoms with Crippen LogP contribution in [0.5, 0.6) is 0 Å². The molecule has 0 atom stereocenters. The van der Waals surface area contributed by atoms with Crippen LogP contribution in [0.3, 0.4) is 0 Å². The molecule has 1 aliphatic rings. The molecule has 8 heavy (non-hydrogen) atoms. The summed E-state index contributed by atoms with van der Waals surface area (Å²) in [5.74, 6) is 0.865. The van der Waals surface area contributed by atoms with Crippen LogP contribution in [0.4, 0.5) is 0 Å². The molecule has 0 nitrogen and oxygen atoms in total. The Hall–Kier alpha value is 0.0649. The first kappa shape index (κ1) is 6.19. The van der Waals surface area contributed by atoms with Gasteiger partial charge in [0.25, 0.3) is 0 Å². The Morgan fingerprint density at radius 3 is 2.12 bits per heavy atom. The zero-order valence-electron chi connectivity index (χ0n) is 5.40. The third kappa shape index (κ3) is 1.54. The van der Waals surface area contributed by atoms with Crippen molar-refractivity contribution in [1.82, 2.24) is 0 Å². The molecule has 0 aromatic rings. The highest BCUT2D eigenvalue weighted by molar-refractivity contribution is 6.08. The van der Waals surface area contributed by atoms with Crippen LogP contribution in [0.25, 0.3) is 0 Å². The van der Waals surface area contributed by atoms with E-state index in [2.05, 4.69) is 0 Å². The average molecular weight is 108 g/mol. The molecular formula is C7H13B. The Morgan fingerprint density at radius 1 is 1.12 bits per heavy atom. The van der Waals surface area contributed by atoms with Gasteiger partial charge in [0.1, 0.15) is 0 Å². The van der Waals surface area contributed by atoms with Crippen molar-refractivity contribution in [2.75, 3.05) is 0 Å². The zero-order valence-corrected chi connectivity index (χ0v) is 5.40. The van der Waals surface area contributed by atoms with E-state index in [-0.39, 0.29) is 0 Å². The first-order chi connectivity index (χ1) is 3.93. The molecule has 1 fully saturated rings. The maximum absolute atomic E-state index is 5.50. The maximum Gasteiger partial charge on any atom is 0.0656 e. The van der Waals surface area contributed by atoms with Gasteiger partial charge in [0.15, 0.2) is 0 Å². The molecular weight excluding hydrogens is 94.9 g/mol. The number of hydrogen-bond donors (Lipinski definition) is 0. The summed E-state index contributed by atoms with van der Waals surface area (Å²) in [7, 11) is 5.50. The van der Waals surface area contributed by atoms with E-state index < -0.39 is 0 Å². The highest BCUT2D eigenvalue weighted by atomic mass is 14.1. The van der Waals surface area contributed by atoms with E-state index in [1.807, 2.05) is 0 Å². The van der Waals surface area contributed by atoms with Crippen LogP contribution in [0.2, 0.25) is 6.32 Å². The van der Waals surface area contributed by atoms with Crippen molar-refractivity contribution in [2.24, 2.45) is 5.92 Å². The first-order valence-electron chi connectivity index (χ1n) is 3.63. The van der Waals surface area contributed by atoms with Crippen LogP contribution < -0.4 is 0 Å². The lowest BCUT2D eigenvalue weighted by atomic mass is 9.80. The van der Waals surface area contributed by atoms with Crippen LogP contribution in [0.15, 0.2) is 0 Å². The van der Waals surface area contributed by atoms with E-state index in [1.165, 1.54) is 32.1 Å². The average Bonchev–Trinajstić information content (AvgIpc) is 1.90. The topological polar surface area (TPSA) is 0 Å². The SMILES string of the molecule is [B]CC1CCCCC1. The standard InChI is InChI=1S/C7H13B/c8-6-7-4-2-1-3-5-7/h7H,1-6H2. The van der Waals surface area contributed by atoms with Gasteiger partial charge in [-0.15, -0.1) is 0 Å². The molecule has 0 aromatic carbocycles. The number of hydrogen-bond acceptors (Lipinski definition) is 0. The predicted molar refractivity (Wildman–Crippen MR) is 37.1 cm³/mol. The second-order valence-electron chi connectivity index (χ2n) is 2.74. The Labute approximate surface area is 53.1 Å². The molecule has 1 heteroatoms. The summed E-state index contributed by atoms with van der Waals surface area (Å²) in [6.07, 6.45) is 7.97. The second-order valence-corrected chi connectivity index (χ2v) is 2.74. The molecule has 44 valence electrons. The maximum atomic E-state index is 5.50. The zero-order chi connectivity index (χ0) is 5.82. The van der Waals surface area contributed by atoms with Crippen LogP contribution >= 0.6 is 0 Å². The Balaban J connectivity index is 2.13. The molecule has 0 spiro atoms. The molecule has 1 saturated carbocycles. The van der Waals surface area contributed by atoms with Gasteiger partial charge in [-0.05, 0) is 5.92 Å². The molecule has 1 rings (SSSR count). The predicted octanol–water partition coefficient (Wildman–Crippen LogP) is 2.15. The minimum Gasteiger partial charge on any atom is -0.0859 e. The highest BCUT2D eigenvalue weighted by Crippen LogP contribution is 2.25. The molecule has 0 bridgehead atoms. The van der Waals surface area contributed by atoms with Crippen molar-refractivity contribution in [3.8, 4) is 0 Å². The monoisotopic (exact) mass is 108 g/mol. The quantitative estimate of drug-likeness (QED) is 0.451. The lowest BCUT2D eigenvalue weighted by Gasteiger charge is -2.19. The first-order valence-corrected chi connectivity index (χ1v) is 3.63. The second kappa shape index (κ2) is 3.16. The molecule has 0 heterocycles. The van der Waals surface area contributed by atoms with Crippen molar-refractivity contribution >= 4 is 7.85 Å². The van der Waals surface area contributed by atoms with Crippen molar-refractivity contribution in [2.45, 2.75) is 38.4 Å². The summed E-state index contributed by atoms with van der Waals surface area (Å²) in [6, 6.07) is 0. The van der Waals surface area contributed by atoms with Crippen LogP contribution in [-0.2, 0) is 0 Å². The Bertz CT molecular complexity index is 55.4. The summed E-state index contributed by atoms with van der Waals surface area (Å²) in [5.41, 5.74) is 0. The molecule has 0 amide bonds. The van der Waals surface area contributed by atoms with Gasteiger partial charge in [-0.25, -0.2) is 0 Å². The molecule has 0 N–H and O–H groups in total. The van der Waals surface area contributed by atoms with Gasteiger partial charge < -0.3 is 0 Å². The fourth-order valence-electron chi connectivity index (χ4n) is 1.42. The third-order valence-electron chi connectivity index (χ3n) is 2.06. The normalized spacial score (nSPS) is 23.5. The molecule has 0 aliphatic heterocycles. The molecule has 0 saturated heterocycles. The Morgan fingerprint density at radius 2 is 1.75 bits per heavy atom. The third-order valence-corrected chi connectivity index (χ3v) is 2.06. The minimum absolute atomic E-state index is 0.865. The minimum atomic E-state index is 0.865. The van der Waals surface area contributed by atoms with Crippen LogP contribution in [0.1, 0.15) is 32.1 Å². The van der Waals surface area contributed by atoms with Crippen molar-refractivity contribution in [3.63, 3.8) is 0 Å². The lowest BCUT2D eigenvalue weighted by Crippen LogP contribution is -2.04. The van der Waals surface area contributed by atoms with Gasteiger partial charge >= 0.3 is 0 Å². The fourth-order valence-corrected chi connectivity index (χ4v) is 1.42. The van der Waals surface area contributed by atoms with Crippen LogP contribution in [-0.4, -0.2) is 7.85 Å². The van der Waals surface area contributed by atoms with Gasteiger partial charge in [-0.1, -0.05) is 38.4 Å². The largest absolute Gasteiger partial charge is 0.0859 e. The van der Waals surface area contributed by atoms with Gasteiger partial charge in [0.05, 0.1) is 7.85 Å². The molecule has 0 aromatic heterocycles. The van der Waals surface area contributed by atoms with Crippen molar-refractivity contribution < 1.29 is 0 Å². The van der Waals surface area contributed by atoms with E-state index in [9.17, 15) is 0 Å². The van der Waals surface area contributed by atoms with Crippen molar-refractivity contribution in [3.05, 3.63) is 0 Å². The van der Waals surface area contributed by atoms with E-state index in [4.69, 9.17) is 7.85 Å². The van der Waals surface area contributed by atoms with E-state index >= 15 is 0 Å².